The molecule has 3 N–H and O–H groups in total. The monoisotopic (exact) mass is 219 g/mol. The van der Waals surface area contributed by atoms with Crippen LogP contribution in [0.1, 0.15) is 15.9 Å². The van der Waals surface area contributed by atoms with Gasteiger partial charge in [-0.1, -0.05) is 5.92 Å². The lowest BCUT2D eigenvalue weighted by Gasteiger charge is -2.04. The lowest BCUT2D eigenvalue weighted by Crippen LogP contribution is -2.06. The fourth-order valence-electron chi connectivity index (χ4n) is 1.09. The third kappa shape index (κ3) is 2.75. The quantitative estimate of drug-likeness (QED) is 0.697. The van der Waals surface area contributed by atoms with Crippen LogP contribution in [-0.2, 0) is 4.79 Å². The van der Waals surface area contributed by atoms with Crippen LogP contribution < -0.4 is 10.5 Å². The Labute approximate surface area is 91.8 Å². The summed E-state index contributed by atoms with van der Waals surface area (Å²) in [5.74, 6) is 2.91. The molecule has 0 aliphatic rings. The van der Waals surface area contributed by atoms with Crippen LogP contribution >= 0.6 is 0 Å². The predicted molar refractivity (Wildman–Crippen MR) is 56.0 cm³/mol. The highest BCUT2D eigenvalue weighted by Crippen LogP contribution is 2.19. The van der Waals surface area contributed by atoms with Crippen molar-refractivity contribution in [1.29, 1.82) is 0 Å². The van der Waals surface area contributed by atoms with E-state index in [1.54, 1.807) is 6.07 Å². The molecule has 82 valence electrons. The summed E-state index contributed by atoms with van der Waals surface area (Å²) in [6, 6.07) is 4.33. The first kappa shape index (κ1) is 11.6. The lowest BCUT2D eigenvalue weighted by atomic mass is 10.1. The van der Waals surface area contributed by atoms with Crippen LogP contribution in [0.5, 0.6) is 5.75 Å². The molecule has 5 nitrogen and oxygen atoms in total. The zero-order valence-electron chi connectivity index (χ0n) is 8.48. The fraction of sp³-hybridized carbons (Fsp3) is 0.0909. The molecular formula is C11H9NO4. The molecule has 0 aromatic heterocycles. The summed E-state index contributed by atoms with van der Waals surface area (Å²) in [7, 11) is 1.37. The van der Waals surface area contributed by atoms with Gasteiger partial charge >= 0.3 is 5.97 Å². The minimum atomic E-state index is -1.13. The molecule has 16 heavy (non-hydrogen) atoms. The number of primary amides is 1. The third-order valence-electron chi connectivity index (χ3n) is 1.76. The highest BCUT2D eigenvalue weighted by atomic mass is 16.5. The van der Waals surface area contributed by atoms with Gasteiger partial charge in [0.25, 0.3) is 5.91 Å². The van der Waals surface area contributed by atoms with E-state index < -0.39 is 11.9 Å². The minimum Gasteiger partial charge on any atom is -0.496 e. The highest BCUT2D eigenvalue weighted by Gasteiger charge is 2.10. The van der Waals surface area contributed by atoms with Crippen molar-refractivity contribution < 1.29 is 19.4 Å². The Balaban J connectivity index is 3.18. The van der Waals surface area contributed by atoms with Crippen LogP contribution in [0.2, 0.25) is 0 Å². The number of carboxylic acids is 1. The number of rotatable bonds is 2. The second-order valence-corrected chi connectivity index (χ2v) is 2.83. The maximum Gasteiger partial charge on any atom is 0.339 e. The van der Waals surface area contributed by atoms with Gasteiger partial charge < -0.3 is 15.6 Å². The highest BCUT2D eigenvalue weighted by molar-refractivity contribution is 5.93. The molecule has 0 saturated heterocycles. The third-order valence-corrected chi connectivity index (χ3v) is 1.76. The molecule has 0 aliphatic carbocycles. The van der Waals surface area contributed by atoms with Gasteiger partial charge in [0.1, 0.15) is 11.3 Å². The number of carbonyl (C=O) groups excluding carboxylic acids is 1. The van der Waals surface area contributed by atoms with Crippen LogP contribution in [0.4, 0.5) is 0 Å². The van der Waals surface area contributed by atoms with Gasteiger partial charge in [-0.3, -0.25) is 4.79 Å². The summed E-state index contributed by atoms with van der Waals surface area (Å²) in [5, 5.41) is 8.88. The molecule has 0 aliphatic heterocycles. The Kier molecular flexibility index (Phi) is 3.51. The van der Waals surface area contributed by atoms with Crippen molar-refractivity contribution >= 4 is 11.9 Å². The molecule has 0 bridgehead atoms. The van der Waals surface area contributed by atoms with Crippen LogP contribution in [-0.4, -0.2) is 24.1 Å². The second-order valence-electron chi connectivity index (χ2n) is 2.83. The van der Waals surface area contributed by atoms with Crippen LogP contribution in [0.15, 0.2) is 18.2 Å². The van der Waals surface area contributed by atoms with Gasteiger partial charge in [-0.2, -0.15) is 0 Å². The molecule has 1 aromatic rings. The van der Waals surface area contributed by atoms with Crippen molar-refractivity contribution in [2.45, 2.75) is 0 Å². The number of methoxy groups -OCH3 is 1. The Morgan fingerprint density at radius 2 is 2.12 bits per heavy atom. The van der Waals surface area contributed by atoms with Gasteiger partial charge in [0.05, 0.1) is 7.11 Å². The molecule has 0 saturated carbocycles. The zero-order valence-corrected chi connectivity index (χ0v) is 8.48. The number of ether oxygens (including phenoxy) is 1. The van der Waals surface area contributed by atoms with E-state index in [1.165, 1.54) is 19.2 Å². The standard InChI is InChI=1S/C11H9NO4/c1-16-9-4-2-7(3-5-10(12)13)6-8(9)11(14)15/h2,4,6H,1H3,(H2,12,13)(H,14,15). The van der Waals surface area contributed by atoms with Crippen molar-refractivity contribution in [1.82, 2.24) is 0 Å². The summed E-state index contributed by atoms with van der Waals surface area (Å²) in [5.41, 5.74) is 5.21. The first-order valence-corrected chi connectivity index (χ1v) is 4.27. The topological polar surface area (TPSA) is 89.6 Å². The minimum absolute atomic E-state index is 0.0150. The number of carbonyl (C=O) groups is 2. The van der Waals surface area contributed by atoms with Crippen molar-refractivity contribution in [3.63, 3.8) is 0 Å². The van der Waals surface area contributed by atoms with E-state index in [2.05, 4.69) is 11.8 Å². The number of carboxylic acid groups (broad SMARTS) is 1. The van der Waals surface area contributed by atoms with Crippen molar-refractivity contribution in [3.8, 4) is 17.6 Å². The van der Waals surface area contributed by atoms with Gasteiger partial charge in [0.15, 0.2) is 0 Å². The molecule has 0 unspecified atom stereocenters. The summed E-state index contributed by atoms with van der Waals surface area (Å²) in [4.78, 5) is 21.3. The van der Waals surface area contributed by atoms with E-state index in [0.717, 1.165) is 0 Å². The lowest BCUT2D eigenvalue weighted by molar-refractivity contribution is -0.112. The molecule has 5 heteroatoms. The Morgan fingerprint density at radius 3 is 2.62 bits per heavy atom. The SMILES string of the molecule is COc1ccc(C#CC(N)=O)cc1C(=O)O. The van der Waals surface area contributed by atoms with Gasteiger partial charge in [0, 0.05) is 5.56 Å². The van der Waals surface area contributed by atoms with E-state index in [-0.39, 0.29) is 11.3 Å². The van der Waals surface area contributed by atoms with E-state index in [4.69, 9.17) is 15.6 Å². The molecule has 0 atom stereocenters. The summed E-state index contributed by atoms with van der Waals surface area (Å²) >= 11 is 0. The average Bonchev–Trinajstić information content (AvgIpc) is 2.25. The number of amides is 1. The second kappa shape index (κ2) is 4.84. The molecule has 0 fully saturated rings. The maximum absolute atomic E-state index is 10.9. The number of hydrogen-bond donors (Lipinski definition) is 2. The first-order chi connectivity index (χ1) is 7.54. The Hall–Kier alpha value is -2.48. The first-order valence-electron chi connectivity index (χ1n) is 4.27. The smallest absolute Gasteiger partial charge is 0.339 e. The maximum atomic E-state index is 10.9. The van der Waals surface area contributed by atoms with Crippen molar-refractivity contribution in [2.75, 3.05) is 7.11 Å². The molecule has 1 amide bonds. The molecular weight excluding hydrogens is 210 g/mol. The number of nitrogens with two attached hydrogens (primary N) is 1. The molecule has 0 spiro atoms. The van der Waals surface area contributed by atoms with Crippen molar-refractivity contribution in [2.24, 2.45) is 5.73 Å². The predicted octanol–water partition coefficient (Wildman–Crippen LogP) is 0.230. The number of hydrogen-bond acceptors (Lipinski definition) is 3. The van der Waals surface area contributed by atoms with Crippen molar-refractivity contribution in [3.05, 3.63) is 29.3 Å². The average molecular weight is 219 g/mol. The normalized spacial score (nSPS) is 8.81. The Morgan fingerprint density at radius 1 is 1.44 bits per heavy atom. The zero-order chi connectivity index (χ0) is 12.1. The van der Waals surface area contributed by atoms with Crippen LogP contribution in [0, 0.1) is 11.8 Å². The fourth-order valence-corrected chi connectivity index (χ4v) is 1.09. The number of benzene rings is 1. The number of aromatic carboxylic acids is 1. The van der Waals surface area contributed by atoms with Gasteiger partial charge in [0.2, 0.25) is 0 Å². The molecule has 0 heterocycles. The molecule has 1 aromatic carbocycles. The summed E-state index contributed by atoms with van der Waals surface area (Å²) < 4.78 is 4.87. The van der Waals surface area contributed by atoms with Gasteiger partial charge in [-0.15, -0.1) is 0 Å². The van der Waals surface area contributed by atoms with E-state index in [1.807, 2.05) is 0 Å². The van der Waals surface area contributed by atoms with Gasteiger partial charge in [-0.05, 0) is 24.1 Å². The summed E-state index contributed by atoms with van der Waals surface area (Å²) in [6.07, 6.45) is 0. The van der Waals surface area contributed by atoms with Crippen LogP contribution in [0.3, 0.4) is 0 Å². The largest absolute Gasteiger partial charge is 0.496 e. The van der Waals surface area contributed by atoms with Gasteiger partial charge in [-0.25, -0.2) is 4.79 Å². The summed E-state index contributed by atoms with van der Waals surface area (Å²) in [6.45, 7) is 0. The Bertz CT molecular complexity index is 496. The van der Waals surface area contributed by atoms with E-state index >= 15 is 0 Å². The van der Waals surface area contributed by atoms with Crippen LogP contribution in [0.25, 0.3) is 0 Å². The molecule has 0 radical (unpaired) electrons. The molecule has 1 rings (SSSR count). The van der Waals surface area contributed by atoms with E-state index in [9.17, 15) is 9.59 Å². The van der Waals surface area contributed by atoms with E-state index in [0.29, 0.717) is 5.56 Å².